The molecule has 0 saturated heterocycles. The van der Waals surface area contributed by atoms with Crippen molar-refractivity contribution in [3.8, 4) is 0 Å². The van der Waals surface area contributed by atoms with Gasteiger partial charge in [-0.25, -0.2) is 0 Å². The van der Waals surface area contributed by atoms with Crippen LogP contribution in [0.5, 0.6) is 0 Å². The highest BCUT2D eigenvalue weighted by atomic mass is 16.5. The summed E-state index contributed by atoms with van der Waals surface area (Å²) in [7, 11) is 0. The largest absolute Gasteiger partial charge is 0.460 e. The molecule has 4 nitrogen and oxygen atoms in total. The van der Waals surface area contributed by atoms with Gasteiger partial charge in [0, 0.05) is 5.41 Å². The van der Waals surface area contributed by atoms with Crippen molar-refractivity contribution in [3.05, 3.63) is 47.5 Å². The molecule has 0 radical (unpaired) electrons. The fraction of sp³-hybridized carbons (Fsp3) is 0.757. The maximum Gasteiger partial charge on any atom is 0.313 e. The van der Waals surface area contributed by atoms with Gasteiger partial charge in [-0.3, -0.25) is 4.79 Å². The maximum absolute atomic E-state index is 14.2. The normalized spacial score (nSPS) is 46.7. The van der Waals surface area contributed by atoms with Crippen molar-refractivity contribution >= 4 is 5.97 Å². The van der Waals surface area contributed by atoms with Gasteiger partial charge in [-0.1, -0.05) is 83.5 Å². The molecule has 6 rings (SSSR count). The molecule has 5 aliphatic rings. The van der Waals surface area contributed by atoms with Crippen LogP contribution in [0, 0.1) is 50.2 Å². The van der Waals surface area contributed by atoms with Crippen LogP contribution in [0.15, 0.2) is 42.0 Å². The van der Waals surface area contributed by atoms with Crippen molar-refractivity contribution in [3.63, 3.8) is 0 Å². The number of aliphatic hydroxyl groups excluding tert-OH is 2. The zero-order valence-corrected chi connectivity index (χ0v) is 26.5. The van der Waals surface area contributed by atoms with Crippen LogP contribution in [0.2, 0.25) is 0 Å². The number of aliphatic hydroxyl groups is 2. The van der Waals surface area contributed by atoms with Gasteiger partial charge in [0.1, 0.15) is 6.61 Å². The molecule has 4 fully saturated rings. The van der Waals surface area contributed by atoms with E-state index in [0.29, 0.717) is 18.4 Å². The Morgan fingerprint density at radius 3 is 2.32 bits per heavy atom. The molecule has 5 aliphatic carbocycles. The maximum atomic E-state index is 14.2. The Morgan fingerprint density at radius 2 is 1.61 bits per heavy atom. The average Bonchev–Trinajstić information content (AvgIpc) is 2.94. The summed E-state index contributed by atoms with van der Waals surface area (Å²) < 4.78 is 6.16. The van der Waals surface area contributed by atoms with E-state index in [9.17, 15) is 15.0 Å². The summed E-state index contributed by atoms with van der Waals surface area (Å²) in [5.41, 5.74) is 2.20. The van der Waals surface area contributed by atoms with E-state index >= 15 is 0 Å². The van der Waals surface area contributed by atoms with Crippen LogP contribution in [0.3, 0.4) is 0 Å². The highest BCUT2D eigenvalue weighted by molar-refractivity contribution is 5.79. The predicted molar refractivity (Wildman–Crippen MR) is 163 cm³/mol. The van der Waals surface area contributed by atoms with Crippen LogP contribution in [0.25, 0.3) is 0 Å². The fourth-order valence-corrected chi connectivity index (χ4v) is 11.5. The standard InChI is InChI=1S/C37H54O4/c1-32(2)18-20-37(31(40)41-23-25-10-8-7-9-11-25)21-19-35(5)26(27(37)22-32)12-13-29-33(3)16-15-30(39)34(4,24-38)28(33)14-17-36(29,35)6/h7-12,27-30,38-39H,13-24H2,1-6H3/t27-,28?,29?,30-,33-,34-,35+,36+,37-/m0/s1. The Kier molecular flexibility index (Phi) is 6.95. The molecular formula is C37H54O4. The lowest BCUT2D eigenvalue weighted by Gasteiger charge is -2.71. The van der Waals surface area contributed by atoms with Crippen LogP contribution in [-0.2, 0) is 16.1 Å². The topological polar surface area (TPSA) is 66.8 Å². The number of allylic oxidation sites excluding steroid dienone is 2. The van der Waals surface area contributed by atoms with Gasteiger partial charge in [0.05, 0.1) is 18.1 Å². The molecule has 0 amide bonds. The molecule has 2 N–H and O–H groups in total. The fourth-order valence-electron chi connectivity index (χ4n) is 11.5. The van der Waals surface area contributed by atoms with Gasteiger partial charge in [-0.2, -0.15) is 0 Å². The van der Waals surface area contributed by atoms with E-state index in [4.69, 9.17) is 4.74 Å². The van der Waals surface area contributed by atoms with Crippen LogP contribution < -0.4 is 0 Å². The summed E-state index contributed by atoms with van der Waals surface area (Å²) in [5, 5.41) is 21.6. The SMILES string of the molecule is CC1(C)CC[C@]2(C(=O)OCc3ccccc3)CC[C@]3(C)C(=CCC4[C@@]5(C)CC[C@H](O)[C@@](C)(CO)C5CC[C@]43C)[C@@H]2C1. The lowest BCUT2D eigenvalue weighted by Crippen LogP contribution is -2.66. The predicted octanol–water partition coefficient (Wildman–Crippen LogP) is 7.86. The number of carbonyl (C=O) groups excluding carboxylic acids is 1. The number of rotatable bonds is 4. The first-order chi connectivity index (χ1) is 19.3. The van der Waals surface area contributed by atoms with E-state index in [-0.39, 0.29) is 40.2 Å². The number of benzene rings is 1. The number of ether oxygens (including phenoxy) is 1. The monoisotopic (exact) mass is 562 g/mol. The van der Waals surface area contributed by atoms with Gasteiger partial charge < -0.3 is 14.9 Å². The first kappa shape index (κ1) is 29.4. The average molecular weight is 563 g/mol. The third-order valence-electron chi connectivity index (χ3n) is 14.4. The van der Waals surface area contributed by atoms with Gasteiger partial charge in [0.2, 0.25) is 0 Å². The lowest BCUT2D eigenvalue weighted by atomic mass is 9.33. The molecule has 4 saturated carbocycles. The Bertz CT molecular complexity index is 1200. The van der Waals surface area contributed by atoms with Crippen LogP contribution >= 0.6 is 0 Å². The summed E-state index contributed by atoms with van der Waals surface area (Å²) in [5.74, 6) is 1.08. The van der Waals surface area contributed by atoms with Crippen LogP contribution in [0.1, 0.15) is 111 Å². The van der Waals surface area contributed by atoms with Crippen molar-refractivity contribution < 1.29 is 19.7 Å². The van der Waals surface area contributed by atoms with Crippen molar-refractivity contribution in [1.29, 1.82) is 0 Å². The molecule has 4 heteroatoms. The van der Waals surface area contributed by atoms with Gasteiger partial charge >= 0.3 is 5.97 Å². The molecular weight excluding hydrogens is 508 g/mol. The molecule has 1 aromatic carbocycles. The quantitative estimate of drug-likeness (QED) is 0.290. The van der Waals surface area contributed by atoms with Crippen molar-refractivity contribution in [2.45, 2.75) is 118 Å². The highest BCUT2D eigenvalue weighted by Gasteiger charge is 2.69. The Labute approximate surface area is 248 Å². The third-order valence-corrected chi connectivity index (χ3v) is 14.4. The second-order valence-corrected chi connectivity index (χ2v) is 16.7. The molecule has 226 valence electrons. The number of esters is 1. The number of fused-ring (bicyclic) bond motifs is 7. The molecule has 0 spiro atoms. The van der Waals surface area contributed by atoms with E-state index in [1.165, 1.54) is 0 Å². The second kappa shape index (κ2) is 9.68. The minimum absolute atomic E-state index is 0.0210. The van der Waals surface area contributed by atoms with Crippen molar-refractivity contribution in [1.82, 2.24) is 0 Å². The highest BCUT2D eigenvalue weighted by Crippen LogP contribution is 2.75. The van der Waals surface area contributed by atoms with E-state index in [1.54, 1.807) is 5.57 Å². The summed E-state index contributed by atoms with van der Waals surface area (Å²) in [6.07, 6.45) is 12.1. The van der Waals surface area contributed by atoms with Crippen LogP contribution in [-0.4, -0.2) is 28.9 Å². The summed E-state index contributed by atoms with van der Waals surface area (Å²) in [4.78, 5) is 14.2. The Morgan fingerprint density at radius 1 is 0.902 bits per heavy atom. The molecule has 0 bridgehead atoms. The van der Waals surface area contributed by atoms with Crippen LogP contribution in [0.4, 0.5) is 0 Å². The second-order valence-electron chi connectivity index (χ2n) is 16.7. The third kappa shape index (κ3) is 4.09. The molecule has 0 heterocycles. The molecule has 41 heavy (non-hydrogen) atoms. The van der Waals surface area contributed by atoms with Gasteiger partial charge in [0.15, 0.2) is 0 Å². The zero-order chi connectivity index (χ0) is 29.5. The Balaban J connectivity index is 1.36. The first-order valence-corrected chi connectivity index (χ1v) is 16.5. The molecule has 1 aromatic rings. The van der Waals surface area contributed by atoms with E-state index in [1.807, 2.05) is 30.3 Å². The first-order valence-electron chi connectivity index (χ1n) is 16.5. The van der Waals surface area contributed by atoms with Gasteiger partial charge in [0.25, 0.3) is 0 Å². The summed E-state index contributed by atoms with van der Waals surface area (Å²) >= 11 is 0. The van der Waals surface area contributed by atoms with E-state index in [0.717, 1.165) is 69.8 Å². The Hall–Kier alpha value is -1.65. The lowest BCUT2D eigenvalue weighted by molar-refractivity contribution is -0.217. The van der Waals surface area contributed by atoms with Crippen molar-refractivity contribution in [2.24, 2.45) is 50.2 Å². The number of hydrogen-bond acceptors (Lipinski definition) is 4. The number of carbonyl (C=O) groups is 1. The van der Waals surface area contributed by atoms with Gasteiger partial charge in [-0.05, 0) is 109 Å². The molecule has 2 unspecified atom stereocenters. The minimum Gasteiger partial charge on any atom is -0.460 e. The number of hydrogen-bond donors (Lipinski definition) is 2. The van der Waals surface area contributed by atoms with E-state index < -0.39 is 16.9 Å². The smallest absolute Gasteiger partial charge is 0.313 e. The van der Waals surface area contributed by atoms with E-state index in [2.05, 4.69) is 47.6 Å². The van der Waals surface area contributed by atoms with Gasteiger partial charge in [-0.15, -0.1) is 0 Å². The molecule has 9 atom stereocenters. The minimum atomic E-state index is -0.434. The molecule has 0 aromatic heterocycles. The molecule has 0 aliphatic heterocycles. The van der Waals surface area contributed by atoms with Crippen molar-refractivity contribution in [2.75, 3.05) is 6.61 Å². The summed E-state index contributed by atoms with van der Waals surface area (Å²) in [6, 6.07) is 10.1. The summed E-state index contributed by atoms with van der Waals surface area (Å²) in [6.45, 7) is 14.9. The zero-order valence-electron chi connectivity index (χ0n) is 26.5.